The molecule has 94 valence electrons. The Kier molecular flexibility index (Phi) is 3.13. The Hall–Kier alpha value is -2.57. The number of nitrogens with one attached hydrogen (secondary N) is 1. The third kappa shape index (κ3) is 2.10. The van der Waals surface area contributed by atoms with Crippen molar-refractivity contribution in [3.05, 3.63) is 28.7 Å². The third-order valence-electron chi connectivity index (χ3n) is 2.33. The standard InChI is InChI=1S/C11H12N4O3/c1-17-6-4-3-5-7(18-2)8(6)9-13-10(12)15-11(16)14-9/h3-5H,1-2H3,(H3,12,13,14,15,16). The second-order valence-corrected chi connectivity index (χ2v) is 3.40. The summed E-state index contributed by atoms with van der Waals surface area (Å²) in [7, 11) is 3.03. The highest BCUT2D eigenvalue weighted by Crippen LogP contribution is 2.35. The van der Waals surface area contributed by atoms with Gasteiger partial charge in [0.25, 0.3) is 0 Å². The number of benzene rings is 1. The molecule has 1 heterocycles. The molecule has 1 aromatic heterocycles. The SMILES string of the molecule is COc1cccc(OC)c1-c1nc(N)nc(=O)[nH]1. The van der Waals surface area contributed by atoms with Gasteiger partial charge in [0.05, 0.1) is 14.2 Å². The summed E-state index contributed by atoms with van der Waals surface area (Å²) in [5.74, 6) is 1.18. The van der Waals surface area contributed by atoms with Crippen LogP contribution in [-0.4, -0.2) is 29.2 Å². The second-order valence-electron chi connectivity index (χ2n) is 3.40. The molecule has 0 atom stereocenters. The van der Waals surface area contributed by atoms with Gasteiger partial charge < -0.3 is 15.2 Å². The molecule has 0 spiro atoms. The number of nitrogens with zero attached hydrogens (tertiary/aromatic N) is 2. The monoisotopic (exact) mass is 248 g/mol. The van der Waals surface area contributed by atoms with Crippen molar-refractivity contribution in [1.82, 2.24) is 15.0 Å². The van der Waals surface area contributed by atoms with Crippen molar-refractivity contribution in [2.75, 3.05) is 20.0 Å². The quantitative estimate of drug-likeness (QED) is 0.816. The largest absolute Gasteiger partial charge is 0.496 e. The molecule has 1 aromatic carbocycles. The number of hydrogen-bond acceptors (Lipinski definition) is 6. The third-order valence-corrected chi connectivity index (χ3v) is 2.33. The topological polar surface area (TPSA) is 103 Å². The summed E-state index contributed by atoms with van der Waals surface area (Å²) in [4.78, 5) is 21.2. The molecule has 0 fully saturated rings. The summed E-state index contributed by atoms with van der Waals surface area (Å²) in [5.41, 5.74) is 5.40. The van der Waals surface area contributed by atoms with Crippen molar-refractivity contribution in [3.8, 4) is 22.9 Å². The molecule has 0 aliphatic rings. The van der Waals surface area contributed by atoms with Gasteiger partial charge in [-0.2, -0.15) is 9.97 Å². The predicted molar refractivity (Wildman–Crippen MR) is 65.6 cm³/mol. The normalized spacial score (nSPS) is 10.1. The number of rotatable bonds is 3. The van der Waals surface area contributed by atoms with Gasteiger partial charge in [0.15, 0.2) is 5.82 Å². The summed E-state index contributed by atoms with van der Waals surface area (Å²) in [6, 6.07) is 5.23. The predicted octanol–water partition coefficient (Wildman–Crippen LogP) is 0.431. The van der Waals surface area contributed by atoms with Crippen LogP contribution in [0, 0.1) is 0 Å². The van der Waals surface area contributed by atoms with Gasteiger partial charge in [-0.25, -0.2) is 4.79 Å². The Morgan fingerprint density at radius 3 is 2.28 bits per heavy atom. The Bertz CT molecular complexity index is 602. The Balaban J connectivity index is 2.72. The maximum atomic E-state index is 11.3. The van der Waals surface area contributed by atoms with E-state index in [2.05, 4.69) is 15.0 Å². The second kappa shape index (κ2) is 4.74. The molecular weight excluding hydrogens is 236 g/mol. The molecule has 2 aromatic rings. The van der Waals surface area contributed by atoms with Crippen LogP contribution in [0.25, 0.3) is 11.4 Å². The fourth-order valence-corrected chi connectivity index (χ4v) is 1.60. The van der Waals surface area contributed by atoms with Crippen LogP contribution in [0.4, 0.5) is 5.95 Å². The number of hydrogen-bond donors (Lipinski definition) is 2. The van der Waals surface area contributed by atoms with Crippen LogP contribution >= 0.6 is 0 Å². The number of ether oxygens (including phenoxy) is 2. The number of aromatic amines is 1. The van der Waals surface area contributed by atoms with E-state index in [1.807, 2.05) is 0 Å². The van der Waals surface area contributed by atoms with Crippen LogP contribution in [0.3, 0.4) is 0 Å². The van der Waals surface area contributed by atoms with E-state index in [0.717, 1.165) is 0 Å². The fourth-order valence-electron chi connectivity index (χ4n) is 1.60. The van der Waals surface area contributed by atoms with Crippen LogP contribution in [0.5, 0.6) is 11.5 Å². The maximum absolute atomic E-state index is 11.3. The Labute approximate surface area is 103 Å². The lowest BCUT2D eigenvalue weighted by Gasteiger charge is -2.11. The van der Waals surface area contributed by atoms with E-state index in [0.29, 0.717) is 17.1 Å². The van der Waals surface area contributed by atoms with Crippen LogP contribution in [-0.2, 0) is 0 Å². The minimum atomic E-state index is -0.578. The van der Waals surface area contributed by atoms with Crippen molar-refractivity contribution < 1.29 is 9.47 Å². The summed E-state index contributed by atoms with van der Waals surface area (Å²) < 4.78 is 10.4. The Morgan fingerprint density at radius 2 is 1.78 bits per heavy atom. The zero-order valence-corrected chi connectivity index (χ0v) is 9.93. The minimum Gasteiger partial charge on any atom is -0.496 e. The minimum absolute atomic E-state index is 0.110. The molecule has 18 heavy (non-hydrogen) atoms. The number of aromatic nitrogens is 3. The zero-order chi connectivity index (χ0) is 13.1. The van der Waals surface area contributed by atoms with Crippen molar-refractivity contribution in [2.24, 2.45) is 0 Å². The lowest BCUT2D eigenvalue weighted by molar-refractivity contribution is 0.397. The van der Waals surface area contributed by atoms with Gasteiger partial charge in [0.2, 0.25) is 5.95 Å². The molecule has 3 N–H and O–H groups in total. The molecule has 0 aliphatic heterocycles. The number of anilines is 1. The van der Waals surface area contributed by atoms with Crippen LogP contribution in [0.2, 0.25) is 0 Å². The van der Waals surface area contributed by atoms with Crippen molar-refractivity contribution in [2.45, 2.75) is 0 Å². The molecule has 0 saturated carbocycles. The molecule has 0 unspecified atom stereocenters. The first-order valence-corrected chi connectivity index (χ1v) is 5.11. The van der Waals surface area contributed by atoms with Crippen molar-refractivity contribution in [3.63, 3.8) is 0 Å². The first-order chi connectivity index (χ1) is 8.65. The lowest BCUT2D eigenvalue weighted by atomic mass is 10.1. The van der Waals surface area contributed by atoms with E-state index in [9.17, 15) is 4.79 Å². The van der Waals surface area contributed by atoms with Crippen molar-refractivity contribution in [1.29, 1.82) is 0 Å². The van der Waals surface area contributed by atoms with Crippen LogP contribution in [0.15, 0.2) is 23.0 Å². The van der Waals surface area contributed by atoms with E-state index >= 15 is 0 Å². The highest BCUT2D eigenvalue weighted by Gasteiger charge is 2.15. The van der Waals surface area contributed by atoms with Gasteiger partial charge >= 0.3 is 5.69 Å². The van der Waals surface area contributed by atoms with Crippen LogP contribution < -0.4 is 20.9 Å². The van der Waals surface area contributed by atoms with E-state index in [-0.39, 0.29) is 11.8 Å². The highest BCUT2D eigenvalue weighted by molar-refractivity contribution is 5.72. The highest BCUT2D eigenvalue weighted by atomic mass is 16.5. The smallest absolute Gasteiger partial charge is 0.349 e. The molecule has 0 amide bonds. The molecule has 0 radical (unpaired) electrons. The molecule has 0 aliphatic carbocycles. The van der Waals surface area contributed by atoms with Gasteiger partial charge in [-0.15, -0.1) is 0 Å². The fraction of sp³-hybridized carbons (Fsp3) is 0.182. The first kappa shape index (κ1) is 11.9. The van der Waals surface area contributed by atoms with Gasteiger partial charge in [-0.05, 0) is 12.1 Å². The molecule has 0 bridgehead atoms. The van der Waals surface area contributed by atoms with E-state index in [1.54, 1.807) is 18.2 Å². The summed E-state index contributed by atoms with van der Waals surface area (Å²) >= 11 is 0. The van der Waals surface area contributed by atoms with Crippen LogP contribution in [0.1, 0.15) is 0 Å². The van der Waals surface area contributed by atoms with Gasteiger partial charge in [-0.3, -0.25) is 4.98 Å². The van der Waals surface area contributed by atoms with E-state index < -0.39 is 5.69 Å². The van der Waals surface area contributed by atoms with Gasteiger partial charge in [0.1, 0.15) is 17.1 Å². The van der Waals surface area contributed by atoms with Gasteiger partial charge in [0, 0.05) is 0 Å². The molecular formula is C11H12N4O3. The average Bonchev–Trinajstić information content (AvgIpc) is 2.36. The summed E-state index contributed by atoms with van der Waals surface area (Å²) in [5, 5.41) is 0. The average molecular weight is 248 g/mol. The molecule has 7 nitrogen and oxygen atoms in total. The molecule has 0 saturated heterocycles. The van der Waals surface area contributed by atoms with E-state index in [4.69, 9.17) is 15.2 Å². The number of nitrogen functional groups attached to an aromatic ring is 1. The summed E-state index contributed by atoms with van der Waals surface area (Å²) in [6.45, 7) is 0. The van der Waals surface area contributed by atoms with E-state index in [1.165, 1.54) is 14.2 Å². The Morgan fingerprint density at radius 1 is 1.17 bits per heavy atom. The number of H-pyrrole nitrogens is 1. The summed E-state index contributed by atoms with van der Waals surface area (Å²) in [6.07, 6.45) is 0. The lowest BCUT2D eigenvalue weighted by Crippen LogP contribution is -2.16. The molecule has 7 heteroatoms. The zero-order valence-electron chi connectivity index (χ0n) is 9.93. The van der Waals surface area contributed by atoms with Crippen molar-refractivity contribution >= 4 is 5.95 Å². The maximum Gasteiger partial charge on any atom is 0.349 e. The first-order valence-electron chi connectivity index (χ1n) is 5.11. The molecule has 2 rings (SSSR count). The number of nitrogens with two attached hydrogens (primary N) is 1. The van der Waals surface area contributed by atoms with Gasteiger partial charge in [-0.1, -0.05) is 6.07 Å². The number of methoxy groups -OCH3 is 2.